The molecular formula is C11H6ClF3N2O. The van der Waals surface area contributed by atoms with Gasteiger partial charge in [-0.1, -0.05) is 18.2 Å². The van der Waals surface area contributed by atoms with Gasteiger partial charge < -0.3 is 4.74 Å². The molecule has 0 aliphatic carbocycles. The summed E-state index contributed by atoms with van der Waals surface area (Å²) < 4.78 is 42.6. The number of nitrogens with zero attached hydrogens (tertiary/aromatic N) is 2. The minimum atomic E-state index is -4.60. The molecule has 0 spiro atoms. The molecular weight excluding hydrogens is 269 g/mol. The average Bonchev–Trinajstić information content (AvgIpc) is 2.28. The summed E-state index contributed by atoms with van der Waals surface area (Å²) >= 11 is 5.42. The summed E-state index contributed by atoms with van der Waals surface area (Å²) in [5.41, 5.74) is -1.14. The van der Waals surface area contributed by atoms with Gasteiger partial charge in [0.25, 0.3) is 0 Å². The lowest BCUT2D eigenvalue weighted by Crippen LogP contribution is -2.09. The number of alkyl halides is 3. The van der Waals surface area contributed by atoms with E-state index in [0.29, 0.717) is 11.8 Å². The molecule has 0 fully saturated rings. The number of aromatic nitrogens is 2. The third-order valence-electron chi connectivity index (χ3n) is 1.93. The van der Waals surface area contributed by atoms with Crippen molar-refractivity contribution in [3.05, 3.63) is 47.4 Å². The summed E-state index contributed by atoms with van der Waals surface area (Å²) in [6.45, 7) is 0. The van der Waals surface area contributed by atoms with E-state index in [9.17, 15) is 13.2 Å². The average molecular weight is 275 g/mol. The minimum Gasteiger partial charge on any atom is -0.439 e. The topological polar surface area (TPSA) is 35.0 Å². The Kier molecular flexibility index (Phi) is 3.38. The van der Waals surface area contributed by atoms with Gasteiger partial charge in [-0.15, -0.1) is 0 Å². The fourth-order valence-corrected chi connectivity index (χ4v) is 1.38. The van der Waals surface area contributed by atoms with Crippen LogP contribution in [0.3, 0.4) is 0 Å². The standard InChI is InChI=1S/C11H6ClF3N2O/c12-10-16-8(11(13,14)15)6-9(17-10)18-7-4-2-1-3-5-7/h1-6H. The van der Waals surface area contributed by atoms with Crippen LogP contribution >= 0.6 is 11.6 Å². The van der Waals surface area contributed by atoms with E-state index in [2.05, 4.69) is 9.97 Å². The van der Waals surface area contributed by atoms with Gasteiger partial charge in [-0.3, -0.25) is 0 Å². The quantitative estimate of drug-likeness (QED) is 0.778. The molecule has 0 bridgehead atoms. The van der Waals surface area contributed by atoms with Crippen molar-refractivity contribution in [1.29, 1.82) is 0 Å². The Morgan fingerprint density at radius 3 is 2.33 bits per heavy atom. The lowest BCUT2D eigenvalue weighted by Gasteiger charge is -2.08. The van der Waals surface area contributed by atoms with Crippen molar-refractivity contribution in [2.24, 2.45) is 0 Å². The third kappa shape index (κ3) is 3.10. The lowest BCUT2D eigenvalue weighted by atomic mass is 10.3. The molecule has 0 aliphatic rings. The molecule has 7 heteroatoms. The highest BCUT2D eigenvalue weighted by atomic mass is 35.5. The molecule has 1 aromatic heterocycles. The molecule has 0 unspecified atom stereocenters. The van der Waals surface area contributed by atoms with E-state index in [4.69, 9.17) is 16.3 Å². The van der Waals surface area contributed by atoms with E-state index in [1.54, 1.807) is 30.3 Å². The maximum atomic E-state index is 12.5. The molecule has 0 atom stereocenters. The molecule has 0 radical (unpaired) electrons. The molecule has 0 saturated carbocycles. The van der Waals surface area contributed by atoms with Crippen molar-refractivity contribution in [1.82, 2.24) is 9.97 Å². The van der Waals surface area contributed by atoms with E-state index >= 15 is 0 Å². The van der Waals surface area contributed by atoms with Crippen LogP contribution in [-0.2, 0) is 6.18 Å². The van der Waals surface area contributed by atoms with E-state index in [1.807, 2.05) is 0 Å². The fourth-order valence-electron chi connectivity index (χ4n) is 1.20. The van der Waals surface area contributed by atoms with Crippen LogP contribution in [0.4, 0.5) is 13.2 Å². The number of para-hydroxylation sites is 1. The lowest BCUT2D eigenvalue weighted by molar-refractivity contribution is -0.141. The fraction of sp³-hybridized carbons (Fsp3) is 0.0909. The predicted octanol–water partition coefficient (Wildman–Crippen LogP) is 3.94. The molecule has 0 amide bonds. The first-order valence-electron chi connectivity index (χ1n) is 4.80. The van der Waals surface area contributed by atoms with Crippen LogP contribution in [0.15, 0.2) is 36.4 Å². The van der Waals surface area contributed by atoms with Crippen molar-refractivity contribution < 1.29 is 17.9 Å². The van der Waals surface area contributed by atoms with Gasteiger partial charge in [-0.2, -0.15) is 18.2 Å². The second kappa shape index (κ2) is 4.81. The van der Waals surface area contributed by atoms with E-state index in [0.717, 1.165) is 0 Å². The maximum absolute atomic E-state index is 12.5. The zero-order valence-corrected chi connectivity index (χ0v) is 9.53. The molecule has 1 aromatic carbocycles. The summed E-state index contributed by atoms with van der Waals surface area (Å²) in [5.74, 6) is 0.105. The van der Waals surface area contributed by atoms with Crippen molar-refractivity contribution in [2.75, 3.05) is 0 Å². The Hall–Kier alpha value is -1.82. The second-order valence-corrected chi connectivity index (χ2v) is 3.61. The highest BCUT2D eigenvalue weighted by Crippen LogP contribution is 2.31. The van der Waals surface area contributed by atoms with Gasteiger partial charge in [0.1, 0.15) is 5.75 Å². The zero-order chi connectivity index (χ0) is 13.2. The SMILES string of the molecule is FC(F)(F)c1cc(Oc2ccccc2)nc(Cl)n1. The molecule has 0 saturated heterocycles. The molecule has 94 valence electrons. The van der Waals surface area contributed by atoms with Crippen LogP contribution in [0.1, 0.15) is 5.69 Å². The molecule has 0 N–H and O–H groups in total. The van der Waals surface area contributed by atoms with Gasteiger partial charge >= 0.3 is 6.18 Å². The monoisotopic (exact) mass is 274 g/mol. The van der Waals surface area contributed by atoms with Gasteiger partial charge in [-0.05, 0) is 23.7 Å². The molecule has 0 aliphatic heterocycles. The van der Waals surface area contributed by atoms with Gasteiger partial charge in [0, 0.05) is 6.07 Å². The second-order valence-electron chi connectivity index (χ2n) is 3.27. The van der Waals surface area contributed by atoms with Crippen molar-refractivity contribution in [3.8, 4) is 11.6 Å². The molecule has 3 nitrogen and oxygen atoms in total. The summed E-state index contributed by atoms with van der Waals surface area (Å²) in [7, 11) is 0. The van der Waals surface area contributed by atoms with Crippen LogP contribution in [-0.4, -0.2) is 9.97 Å². The van der Waals surface area contributed by atoms with Gasteiger partial charge in [-0.25, -0.2) is 4.98 Å². The normalized spacial score (nSPS) is 11.3. The third-order valence-corrected chi connectivity index (χ3v) is 2.10. The van der Waals surface area contributed by atoms with Crippen LogP contribution < -0.4 is 4.74 Å². The van der Waals surface area contributed by atoms with Crippen molar-refractivity contribution in [3.63, 3.8) is 0 Å². The summed E-state index contributed by atoms with van der Waals surface area (Å²) in [5, 5.41) is -0.518. The molecule has 2 aromatic rings. The Morgan fingerprint density at radius 1 is 1.06 bits per heavy atom. The van der Waals surface area contributed by atoms with Gasteiger partial charge in [0.05, 0.1) is 0 Å². The maximum Gasteiger partial charge on any atom is 0.433 e. The number of ether oxygens (including phenoxy) is 1. The highest BCUT2D eigenvalue weighted by molar-refractivity contribution is 6.28. The molecule has 2 rings (SSSR count). The number of rotatable bonds is 2. The van der Waals surface area contributed by atoms with E-state index < -0.39 is 17.2 Å². The minimum absolute atomic E-state index is 0.256. The Balaban J connectivity index is 2.32. The summed E-state index contributed by atoms with van der Waals surface area (Å²) in [6, 6.07) is 8.98. The Labute approximate surface area is 105 Å². The summed E-state index contributed by atoms with van der Waals surface area (Å²) in [6.07, 6.45) is -4.60. The molecule has 1 heterocycles. The van der Waals surface area contributed by atoms with Crippen LogP contribution in [0.2, 0.25) is 5.28 Å². The largest absolute Gasteiger partial charge is 0.439 e. The predicted molar refractivity (Wildman–Crippen MR) is 58.6 cm³/mol. The number of benzene rings is 1. The van der Waals surface area contributed by atoms with E-state index in [-0.39, 0.29) is 5.88 Å². The first-order valence-corrected chi connectivity index (χ1v) is 5.17. The van der Waals surface area contributed by atoms with Crippen LogP contribution in [0.25, 0.3) is 0 Å². The number of hydrogen-bond acceptors (Lipinski definition) is 3. The number of halogens is 4. The van der Waals surface area contributed by atoms with Crippen LogP contribution in [0, 0.1) is 0 Å². The van der Waals surface area contributed by atoms with E-state index in [1.165, 1.54) is 0 Å². The van der Waals surface area contributed by atoms with Crippen molar-refractivity contribution >= 4 is 11.6 Å². The summed E-state index contributed by atoms with van der Waals surface area (Å²) in [4.78, 5) is 6.67. The van der Waals surface area contributed by atoms with Gasteiger partial charge in [0.2, 0.25) is 11.2 Å². The number of hydrogen-bond donors (Lipinski definition) is 0. The first-order chi connectivity index (χ1) is 8.45. The Bertz CT molecular complexity index is 546. The molecule has 18 heavy (non-hydrogen) atoms. The van der Waals surface area contributed by atoms with Crippen LogP contribution in [0.5, 0.6) is 11.6 Å². The zero-order valence-electron chi connectivity index (χ0n) is 8.78. The Morgan fingerprint density at radius 2 is 1.72 bits per heavy atom. The van der Waals surface area contributed by atoms with Crippen molar-refractivity contribution in [2.45, 2.75) is 6.18 Å². The highest BCUT2D eigenvalue weighted by Gasteiger charge is 2.33. The van der Waals surface area contributed by atoms with Gasteiger partial charge in [0.15, 0.2) is 5.69 Å². The first kappa shape index (κ1) is 12.6. The smallest absolute Gasteiger partial charge is 0.433 e.